The molecule has 4 heterocycles. The Morgan fingerprint density at radius 3 is 2.02 bits per heavy atom. The van der Waals surface area contributed by atoms with Crippen molar-refractivity contribution in [2.45, 2.75) is 85.8 Å². The highest BCUT2D eigenvalue weighted by molar-refractivity contribution is 5.88. The number of hydrogen-bond donors (Lipinski definition) is 12. The van der Waals surface area contributed by atoms with E-state index < -0.39 is 134 Å². The average Bonchev–Trinajstić information content (AvgIpc) is 3.11. The molecule has 3 aliphatic heterocycles. The quantitative estimate of drug-likeness (QED) is 0.105. The summed E-state index contributed by atoms with van der Waals surface area (Å²) < 4.78 is 33.4. The van der Waals surface area contributed by atoms with Crippen LogP contribution in [0.15, 0.2) is 45.6 Å². The van der Waals surface area contributed by atoms with E-state index in [0.29, 0.717) is 5.56 Å². The number of phenolic OH excluding ortho intramolecular Hbond substituents is 2. The van der Waals surface area contributed by atoms with Gasteiger partial charge in [0.1, 0.15) is 107 Å². The van der Waals surface area contributed by atoms with Crippen LogP contribution in [0.25, 0.3) is 22.3 Å². The lowest BCUT2D eigenvalue weighted by atomic mass is 9.89. The van der Waals surface area contributed by atoms with Crippen LogP contribution in [0.2, 0.25) is 0 Å². The Bertz CT molecular complexity index is 1730. The van der Waals surface area contributed by atoms with E-state index in [1.54, 1.807) is 0 Å². The van der Waals surface area contributed by atoms with E-state index in [9.17, 15) is 66.1 Å². The molecule has 3 aliphatic rings. The van der Waals surface area contributed by atoms with E-state index in [1.165, 1.54) is 24.3 Å². The van der Waals surface area contributed by atoms with Gasteiger partial charge in [-0.05, 0) is 24.3 Å². The monoisotopic (exact) mass is 726 g/mol. The normalized spacial score (nSPS) is 37.4. The maximum Gasteiger partial charge on any atom is 0.229 e. The summed E-state index contributed by atoms with van der Waals surface area (Å²) in [5, 5.41) is 123. The van der Waals surface area contributed by atoms with Gasteiger partial charge in [-0.3, -0.25) is 4.79 Å². The summed E-state index contributed by atoms with van der Waals surface area (Å²) in [6.45, 7) is -1.96. The molecule has 0 bridgehead atoms. The van der Waals surface area contributed by atoms with E-state index in [4.69, 9.17) is 28.1 Å². The van der Waals surface area contributed by atoms with E-state index in [1.807, 2.05) is 0 Å². The molecule has 2 aromatic carbocycles. The molecule has 19 heteroatoms. The van der Waals surface area contributed by atoms with Crippen molar-refractivity contribution in [2.24, 2.45) is 0 Å². The fourth-order valence-corrected chi connectivity index (χ4v) is 6.25. The first-order chi connectivity index (χ1) is 24.2. The van der Waals surface area contributed by atoms with Gasteiger partial charge in [0.2, 0.25) is 6.29 Å². The van der Waals surface area contributed by atoms with Crippen LogP contribution >= 0.6 is 0 Å². The molecule has 12 N–H and O–H groups in total. The van der Waals surface area contributed by atoms with Crippen LogP contribution in [0.5, 0.6) is 17.2 Å². The molecule has 0 spiro atoms. The van der Waals surface area contributed by atoms with Crippen molar-refractivity contribution in [1.82, 2.24) is 0 Å². The fraction of sp³-hybridized carbons (Fsp3) is 0.531. The molecule has 19 nitrogen and oxygen atoms in total. The molecule has 1 unspecified atom stereocenters. The van der Waals surface area contributed by atoms with E-state index >= 15 is 0 Å². The lowest BCUT2D eigenvalue weighted by Gasteiger charge is -2.45. The first kappa shape index (κ1) is 37.3. The van der Waals surface area contributed by atoms with Crippen LogP contribution < -0.4 is 10.2 Å². The second-order valence-electron chi connectivity index (χ2n) is 12.5. The molecule has 6 rings (SSSR count). The zero-order valence-corrected chi connectivity index (χ0v) is 26.4. The topological polar surface area (TPSA) is 319 Å². The Morgan fingerprint density at radius 2 is 1.35 bits per heavy atom. The number of aliphatic hydroxyl groups is 10. The van der Waals surface area contributed by atoms with Gasteiger partial charge in [0.15, 0.2) is 11.7 Å². The number of rotatable bonds is 8. The van der Waals surface area contributed by atoms with Crippen molar-refractivity contribution < 1.29 is 89.4 Å². The minimum atomic E-state index is -1.90. The molecule has 0 saturated carbocycles. The molecule has 3 fully saturated rings. The van der Waals surface area contributed by atoms with Crippen LogP contribution in [0.1, 0.15) is 11.7 Å². The van der Waals surface area contributed by atoms with Crippen LogP contribution in [0.3, 0.4) is 0 Å². The summed E-state index contributed by atoms with van der Waals surface area (Å²) in [6, 6.07) is 7.72. The maximum atomic E-state index is 13.4. The van der Waals surface area contributed by atoms with Crippen molar-refractivity contribution in [2.75, 3.05) is 19.8 Å². The number of benzene rings is 2. The first-order valence-electron chi connectivity index (χ1n) is 15.8. The maximum absolute atomic E-state index is 13.4. The van der Waals surface area contributed by atoms with Gasteiger partial charge in [0.05, 0.1) is 25.4 Å². The molecule has 0 aliphatic carbocycles. The number of fused-ring (bicyclic) bond motifs is 1. The van der Waals surface area contributed by atoms with Crippen LogP contribution in [-0.2, 0) is 18.9 Å². The summed E-state index contributed by atoms with van der Waals surface area (Å²) >= 11 is 0. The van der Waals surface area contributed by atoms with Crippen LogP contribution in [0.4, 0.5) is 0 Å². The molecule has 1 aromatic heterocycles. The Labute approximate surface area is 286 Å². The molecule has 280 valence electrons. The molecule has 14 atom stereocenters. The number of phenols is 2. The summed E-state index contributed by atoms with van der Waals surface area (Å²) in [5.74, 6) is -1.51. The minimum absolute atomic E-state index is 0.0309. The second kappa shape index (κ2) is 14.8. The standard InChI is InChI=1S/C32H38O19/c33-7-17-23(40)26(43)30(51-31-27(44)21(38)14(37)9-46-31)29(49-17)20-13(36)6-16-19(24(20)41)12(35)5-15(48-16)10-1-3-11(4-2-10)47-32-28(45)25(42)22(39)18(8-34)50-32/h1-6,14,17-18,21-23,25-34,36-45H,7-9H2/t14-,17+,18+,21-,22+,23+,25-,26-,27+,28+,29?,30+,31-,32+/m0/s1. The zero-order valence-electron chi connectivity index (χ0n) is 26.4. The molecule has 3 aromatic rings. The van der Waals surface area contributed by atoms with Crippen LogP contribution in [-0.4, -0.2) is 161 Å². The fourth-order valence-electron chi connectivity index (χ4n) is 6.25. The molecular formula is C32H38O19. The van der Waals surface area contributed by atoms with E-state index in [-0.39, 0.29) is 17.1 Å². The van der Waals surface area contributed by atoms with Gasteiger partial charge in [0.25, 0.3) is 0 Å². The first-order valence-corrected chi connectivity index (χ1v) is 15.8. The van der Waals surface area contributed by atoms with Crippen LogP contribution in [0, 0.1) is 0 Å². The number of hydrogen-bond acceptors (Lipinski definition) is 19. The van der Waals surface area contributed by atoms with Gasteiger partial charge in [0, 0.05) is 17.7 Å². The highest BCUT2D eigenvalue weighted by Crippen LogP contribution is 2.46. The summed E-state index contributed by atoms with van der Waals surface area (Å²) in [5.41, 5.74) is -1.31. The molecular weight excluding hydrogens is 688 g/mol. The van der Waals surface area contributed by atoms with Gasteiger partial charge in [-0.25, -0.2) is 0 Å². The molecule has 51 heavy (non-hydrogen) atoms. The van der Waals surface area contributed by atoms with Crippen molar-refractivity contribution in [3.8, 4) is 28.6 Å². The van der Waals surface area contributed by atoms with Crippen molar-refractivity contribution in [3.63, 3.8) is 0 Å². The smallest absolute Gasteiger partial charge is 0.229 e. The summed E-state index contributed by atoms with van der Waals surface area (Å²) in [6.07, 6.45) is -22.9. The van der Waals surface area contributed by atoms with Gasteiger partial charge < -0.3 is 89.4 Å². The second-order valence-corrected chi connectivity index (χ2v) is 12.5. The Hall–Kier alpha value is -3.51. The van der Waals surface area contributed by atoms with E-state index in [0.717, 1.165) is 12.1 Å². The van der Waals surface area contributed by atoms with Crippen molar-refractivity contribution in [3.05, 3.63) is 52.2 Å². The predicted octanol–water partition coefficient (Wildman–Crippen LogP) is -3.97. The molecule has 3 saturated heterocycles. The van der Waals surface area contributed by atoms with Gasteiger partial charge in [-0.2, -0.15) is 0 Å². The van der Waals surface area contributed by atoms with Gasteiger partial charge in [-0.15, -0.1) is 0 Å². The third-order valence-corrected chi connectivity index (χ3v) is 9.15. The lowest BCUT2D eigenvalue weighted by molar-refractivity contribution is -0.325. The minimum Gasteiger partial charge on any atom is -0.507 e. The Kier molecular flexibility index (Phi) is 10.8. The van der Waals surface area contributed by atoms with Crippen molar-refractivity contribution in [1.29, 1.82) is 0 Å². The average molecular weight is 727 g/mol. The van der Waals surface area contributed by atoms with Gasteiger partial charge >= 0.3 is 0 Å². The van der Waals surface area contributed by atoms with Gasteiger partial charge in [-0.1, -0.05) is 0 Å². The number of ether oxygens (including phenoxy) is 5. The lowest BCUT2D eigenvalue weighted by Crippen LogP contribution is -2.60. The number of aliphatic hydroxyl groups excluding tert-OH is 10. The Morgan fingerprint density at radius 1 is 0.725 bits per heavy atom. The van der Waals surface area contributed by atoms with E-state index in [2.05, 4.69) is 0 Å². The molecule has 0 amide bonds. The third kappa shape index (κ3) is 6.90. The predicted molar refractivity (Wildman–Crippen MR) is 165 cm³/mol. The SMILES string of the molecule is O=c1cc(-c2ccc(O[C@@H]3O[C@H](CO)[C@@H](O)[C@H](O)[C@H]3O)cc2)oc2cc(O)c(C3O[C@H](CO)[C@@H](O)[C@H](O)[C@H]3O[C@@H]3OC[C@H](O)[C@H](O)[C@H]3O)c(O)c12. The Balaban J connectivity index is 1.29. The number of aromatic hydroxyl groups is 2. The summed E-state index contributed by atoms with van der Waals surface area (Å²) in [4.78, 5) is 13.4. The highest BCUT2D eigenvalue weighted by atomic mass is 16.7. The summed E-state index contributed by atoms with van der Waals surface area (Å²) in [7, 11) is 0. The highest BCUT2D eigenvalue weighted by Gasteiger charge is 2.51. The molecule has 0 radical (unpaired) electrons. The largest absolute Gasteiger partial charge is 0.507 e. The van der Waals surface area contributed by atoms with Crippen molar-refractivity contribution >= 4 is 11.0 Å². The third-order valence-electron chi connectivity index (χ3n) is 9.15. The zero-order chi connectivity index (χ0) is 36.9.